The van der Waals surface area contributed by atoms with Crippen LogP contribution in [0.5, 0.6) is 0 Å². The van der Waals surface area contributed by atoms with E-state index in [-0.39, 0.29) is 11.9 Å². The van der Waals surface area contributed by atoms with Gasteiger partial charge in [0, 0.05) is 6.61 Å². The molecule has 1 atom stereocenters. The van der Waals surface area contributed by atoms with Crippen molar-refractivity contribution in [2.75, 3.05) is 13.2 Å². The maximum absolute atomic E-state index is 11.4. The number of nitrogens with one attached hydrogen (secondary N) is 2. The number of carbonyl (C=O) groups is 1. The third-order valence-corrected chi connectivity index (χ3v) is 2.01. The summed E-state index contributed by atoms with van der Waals surface area (Å²) >= 11 is 0. The maximum Gasteiger partial charge on any atom is 0.269 e. The first-order valence-electron chi connectivity index (χ1n) is 4.23. The summed E-state index contributed by atoms with van der Waals surface area (Å²) in [7, 11) is 0. The highest BCUT2D eigenvalue weighted by Crippen LogP contribution is 2.04. The van der Waals surface area contributed by atoms with Crippen LogP contribution in [0.4, 0.5) is 0 Å². The molecule has 5 heteroatoms. The van der Waals surface area contributed by atoms with Crippen molar-refractivity contribution in [3.63, 3.8) is 0 Å². The predicted octanol–water partition coefficient (Wildman–Crippen LogP) is -0.0716. The summed E-state index contributed by atoms with van der Waals surface area (Å²) in [6, 6.07) is 0.149. The van der Waals surface area contributed by atoms with E-state index in [0.29, 0.717) is 12.3 Å². The number of rotatable bonds is 2. The van der Waals surface area contributed by atoms with Gasteiger partial charge in [-0.05, 0) is 6.42 Å². The van der Waals surface area contributed by atoms with Crippen molar-refractivity contribution in [1.82, 2.24) is 15.3 Å². The Morgan fingerprint density at radius 3 is 3.31 bits per heavy atom. The Hall–Kier alpha value is -1.36. The van der Waals surface area contributed by atoms with Gasteiger partial charge >= 0.3 is 0 Å². The minimum atomic E-state index is -0.118. The number of hydrogen-bond acceptors (Lipinski definition) is 3. The van der Waals surface area contributed by atoms with Crippen LogP contribution in [0.15, 0.2) is 12.5 Å². The topological polar surface area (TPSA) is 67.0 Å². The predicted molar refractivity (Wildman–Crippen MR) is 45.3 cm³/mol. The second-order valence-electron chi connectivity index (χ2n) is 3.00. The Morgan fingerprint density at radius 2 is 2.69 bits per heavy atom. The number of amides is 1. The largest absolute Gasteiger partial charge is 0.379 e. The van der Waals surface area contributed by atoms with Crippen molar-refractivity contribution in [3.8, 4) is 0 Å². The molecule has 1 amide bonds. The molecule has 0 spiro atoms. The second kappa shape index (κ2) is 3.57. The molecule has 0 bridgehead atoms. The molecule has 13 heavy (non-hydrogen) atoms. The molecule has 1 unspecified atom stereocenters. The Labute approximate surface area is 75.5 Å². The van der Waals surface area contributed by atoms with Crippen molar-refractivity contribution in [3.05, 3.63) is 18.2 Å². The molecule has 2 rings (SSSR count). The normalized spacial score (nSPS) is 21.7. The van der Waals surface area contributed by atoms with E-state index in [4.69, 9.17) is 4.74 Å². The van der Waals surface area contributed by atoms with Crippen LogP contribution in [0, 0.1) is 0 Å². The van der Waals surface area contributed by atoms with Crippen molar-refractivity contribution >= 4 is 5.91 Å². The number of carbonyl (C=O) groups excluding carboxylic acids is 1. The zero-order valence-electron chi connectivity index (χ0n) is 7.12. The van der Waals surface area contributed by atoms with Crippen LogP contribution < -0.4 is 5.32 Å². The zero-order valence-corrected chi connectivity index (χ0v) is 7.12. The lowest BCUT2D eigenvalue weighted by Crippen LogP contribution is -2.35. The van der Waals surface area contributed by atoms with E-state index in [1.807, 2.05) is 0 Å². The Kier molecular flexibility index (Phi) is 2.27. The summed E-state index contributed by atoms with van der Waals surface area (Å²) in [5.74, 6) is -0.118. The Morgan fingerprint density at radius 1 is 1.77 bits per heavy atom. The first kappa shape index (κ1) is 8.25. The van der Waals surface area contributed by atoms with Crippen LogP contribution >= 0.6 is 0 Å². The first-order chi connectivity index (χ1) is 6.36. The fraction of sp³-hybridized carbons (Fsp3) is 0.500. The van der Waals surface area contributed by atoms with E-state index in [2.05, 4.69) is 15.3 Å². The van der Waals surface area contributed by atoms with Gasteiger partial charge in [-0.2, -0.15) is 0 Å². The van der Waals surface area contributed by atoms with Gasteiger partial charge in [0.1, 0.15) is 5.69 Å². The monoisotopic (exact) mass is 181 g/mol. The highest BCUT2D eigenvalue weighted by atomic mass is 16.5. The molecule has 0 aliphatic carbocycles. The fourth-order valence-electron chi connectivity index (χ4n) is 1.29. The van der Waals surface area contributed by atoms with Gasteiger partial charge in [0.05, 0.1) is 25.2 Å². The average molecular weight is 181 g/mol. The van der Waals surface area contributed by atoms with Gasteiger partial charge in [0.25, 0.3) is 5.91 Å². The summed E-state index contributed by atoms with van der Waals surface area (Å²) in [5, 5.41) is 2.85. The van der Waals surface area contributed by atoms with Crippen LogP contribution in [-0.4, -0.2) is 35.1 Å². The molecule has 0 aromatic carbocycles. The van der Waals surface area contributed by atoms with Gasteiger partial charge in [-0.15, -0.1) is 0 Å². The fourth-order valence-corrected chi connectivity index (χ4v) is 1.29. The van der Waals surface area contributed by atoms with E-state index in [1.54, 1.807) is 0 Å². The van der Waals surface area contributed by atoms with Crippen molar-refractivity contribution in [1.29, 1.82) is 0 Å². The third kappa shape index (κ3) is 1.86. The Bertz CT molecular complexity index is 278. The molecule has 70 valence electrons. The smallest absolute Gasteiger partial charge is 0.269 e. The molecule has 1 aromatic heterocycles. The second-order valence-corrected chi connectivity index (χ2v) is 3.00. The molecule has 0 radical (unpaired) electrons. The van der Waals surface area contributed by atoms with E-state index >= 15 is 0 Å². The summed E-state index contributed by atoms with van der Waals surface area (Å²) < 4.78 is 5.13. The number of aromatic amines is 1. The number of aromatic nitrogens is 2. The van der Waals surface area contributed by atoms with E-state index in [0.717, 1.165) is 13.0 Å². The van der Waals surface area contributed by atoms with Crippen molar-refractivity contribution < 1.29 is 9.53 Å². The number of imidazole rings is 1. The highest BCUT2D eigenvalue weighted by molar-refractivity contribution is 5.92. The van der Waals surface area contributed by atoms with Crippen LogP contribution in [-0.2, 0) is 4.74 Å². The standard InChI is InChI=1S/C8H11N3O2/c12-8(7-3-9-5-10-7)11-6-1-2-13-4-6/h3,5-6H,1-2,4H2,(H,9,10)(H,11,12). The van der Waals surface area contributed by atoms with Crippen LogP contribution in [0.3, 0.4) is 0 Å². The lowest BCUT2D eigenvalue weighted by Gasteiger charge is -2.08. The summed E-state index contributed by atoms with van der Waals surface area (Å²) in [6.07, 6.45) is 3.88. The maximum atomic E-state index is 11.4. The minimum absolute atomic E-state index is 0.118. The third-order valence-electron chi connectivity index (χ3n) is 2.01. The minimum Gasteiger partial charge on any atom is -0.379 e. The van der Waals surface area contributed by atoms with Crippen LogP contribution in [0.2, 0.25) is 0 Å². The van der Waals surface area contributed by atoms with Gasteiger partial charge in [-0.25, -0.2) is 4.98 Å². The molecular formula is C8H11N3O2. The van der Waals surface area contributed by atoms with Gasteiger partial charge < -0.3 is 15.0 Å². The number of ether oxygens (including phenoxy) is 1. The number of hydrogen-bond donors (Lipinski definition) is 2. The molecule has 1 aliphatic heterocycles. The van der Waals surface area contributed by atoms with E-state index in [9.17, 15) is 4.79 Å². The highest BCUT2D eigenvalue weighted by Gasteiger charge is 2.18. The lowest BCUT2D eigenvalue weighted by atomic mass is 10.2. The van der Waals surface area contributed by atoms with Gasteiger partial charge in [-0.1, -0.05) is 0 Å². The summed E-state index contributed by atoms with van der Waals surface area (Å²) in [5.41, 5.74) is 0.493. The first-order valence-corrected chi connectivity index (χ1v) is 4.23. The number of H-pyrrole nitrogens is 1. The van der Waals surface area contributed by atoms with E-state index < -0.39 is 0 Å². The molecule has 2 heterocycles. The molecule has 1 aromatic rings. The van der Waals surface area contributed by atoms with Crippen molar-refractivity contribution in [2.24, 2.45) is 0 Å². The number of nitrogens with zero attached hydrogens (tertiary/aromatic N) is 1. The van der Waals surface area contributed by atoms with Crippen LogP contribution in [0.25, 0.3) is 0 Å². The quantitative estimate of drug-likeness (QED) is 0.671. The molecule has 2 N–H and O–H groups in total. The van der Waals surface area contributed by atoms with Gasteiger partial charge in [0.2, 0.25) is 0 Å². The van der Waals surface area contributed by atoms with Gasteiger partial charge in [0.15, 0.2) is 0 Å². The molecule has 1 fully saturated rings. The average Bonchev–Trinajstić information content (AvgIpc) is 2.74. The lowest BCUT2D eigenvalue weighted by molar-refractivity contribution is 0.0925. The van der Waals surface area contributed by atoms with Gasteiger partial charge in [-0.3, -0.25) is 4.79 Å². The zero-order chi connectivity index (χ0) is 9.10. The Balaban J connectivity index is 1.91. The summed E-state index contributed by atoms with van der Waals surface area (Å²) in [4.78, 5) is 17.9. The summed E-state index contributed by atoms with van der Waals surface area (Å²) in [6.45, 7) is 1.34. The molecule has 1 aliphatic rings. The molecular weight excluding hydrogens is 170 g/mol. The molecule has 5 nitrogen and oxygen atoms in total. The van der Waals surface area contributed by atoms with Crippen LogP contribution in [0.1, 0.15) is 16.9 Å². The molecule has 0 saturated carbocycles. The van der Waals surface area contributed by atoms with Crippen molar-refractivity contribution in [2.45, 2.75) is 12.5 Å². The molecule has 1 saturated heterocycles. The SMILES string of the molecule is O=C(NC1CCOC1)c1cnc[nH]1. The van der Waals surface area contributed by atoms with E-state index in [1.165, 1.54) is 12.5 Å².